The number of aryl methyl sites for hydroxylation is 1. The van der Waals surface area contributed by atoms with Crippen LogP contribution in [0.5, 0.6) is 0 Å². The van der Waals surface area contributed by atoms with Crippen molar-refractivity contribution in [2.75, 3.05) is 12.4 Å². The molecule has 122 valence electrons. The Bertz CT molecular complexity index is 915. The molecule has 6 nitrogen and oxygen atoms in total. The molecule has 6 heteroatoms. The summed E-state index contributed by atoms with van der Waals surface area (Å²) in [5.74, 6) is -0.105. The number of nitrogens with zero attached hydrogens (tertiary/aromatic N) is 2. The minimum atomic E-state index is -0.425. The van der Waals surface area contributed by atoms with Crippen molar-refractivity contribution in [3.05, 3.63) is 59.9 Å². The fraction of sp³-hybridized carbons (Fsp3) is 0.167. The van der Waals surface area contributed by atoms with Crippen LogP contribution < -0.4 is 5.32 Å². The number of anilines is 1. The van der Waals surface area contributed by atoms with E-state index in [4.69, 9.17) is 4.74 Å². The zero-order valence-corrected chi connectivity index (χ0v) is 13.4. The van der Waals surface area contributed by atoms with Crippen molar-refractivity contribution in [3.63, 3.8) is 0 Å². The van der Waals surface area contributed by atoms with Gasteiger partial charge >= 0.3 is 5.97 Å². The zero-order valence-electron chi connectivity index (χ0n) is 13.4. The van der Waals surface area contributed by atoms with E-state index in [2.05, 4.69) is 10.3 Å². The van der Waals surface area contributed by atoms with Crippen LogP contribution in [0.4, 0.5) is 5.82 Å². The summed E-state index contributed by atoms with van der Waals surface area (Å²) < 4.78 is 6.54. The molecule has 0 saturated carbocycles. The van der Waals surface area contributed by atoms with Gasteiger partial charge in [0.25, 0.3) is 0 Å². The van der Waals surface area contributed by atoms with Gasteiger partial charge in [0.1, 0.15) is 12.4 Å². The van der Waals surface area contributed by atoms with Crippen molar-refractivity contribution in [2.45, 2.75) is 13.5 Å². The fourth-order valence-corrected chi connectivity index (χ4v) is 2.59. The number of benzene rings is 1. The molecule has 0 radical (unpaired) electrons. The summed E-state index contributed by atoms with van der Waals surface area (Å²) in [5, 5.41) is 3.54. The molecule has 0 spiro atoms. The Morgan fingerprint density at radius 2 is 2.00 bits per heavy atom. The van der Waals surface area contributed by atoms with Gasteiger partial charge in [-0.1, -0.05) is 24.3 Å². The smallest absolute Gasteiger partial charge is 0.340 e. The molecule has 3 aromatic rings. The monoisotopic (exact) mass is 323 g/mol. The number of amides is 1. The summed E-state index contributed by atoms with van der Waals surface area (Å²) in [6, 6.07) is 11.1. The molecule has 0 aliphatic heterocycles. The number of carbonyl (C=O) groups is 2. The molecule has 0 unspecified atom stereocenters. The Kier molecular flexibility index (Phi) is 4.29. The highest BCUT2D eigenvalue weighted by atomic mass is 16.5. The highest BCUT2D eigenvalue weighted by Crippen LogP contribution is 2.22. The van der Waals surface area contributed by atoms with E-state index in [0.717, 1.165) is 16.5 Å². The van der Waals surface area contributed by atoms with E-state index in [1.54, 1.807) is 17.0 Å². The quantitative estimate of drug-likeness (QED) is 0.749. The van der Waals surface area contributed by atoms with E-state index in [9.17, 15) is 9.59 Å². The lowest BCUT2D eigenvalue weighted by atomic mass is 10.2. The van der Waals surface area contributed by atoms with Gasteiger partial charge in [-0.25, -0.2) is 9.78 Å². The van der Waals surface area contributed by atoms with E-state index in [0.29, 0.717) is 11.4 Å². The molecule has 0 fully saturated rings. The van der Waals surface area contributed by atoms with Crippen LogP contribution in [0.15, 0.2) is 48.8 Å². The van der Waals surface area contributed by atoms with Crippen LogP contribution >= 0.6 is 0 Å². The minimum absolute atomic E-state index is 0.0769. The van der Waals surface area contributed by atoms with Gasteiger partial charge in [0, 0.05) is 23.3 Å². The Morgan fingerprint density at radius 1 is 1.21 bits per heavy atom. The first-order chi connectivity index (χ1) is 11.6. The standard InChI is InChI=1S/C18H17N3O3/c1-12-6-5-9-19-17(12)20-16(22)11-21-10-14(18(23)24-2)13-7-3-4-8-15(13)21/h3-10H,11H2,1-2H3,(H,19,20,22). The Hall–Kier alpha value is -3.15. The summed E-state index contributed by atoms with van der Waals surface area (Å²) in [6.45, 7) is 1.95. The first kappa shape index (κ1) is 15.7. The van der Waals surface area contributed by atoms with Gasteiger partial charge in [0.2, 0.25) is 5.91 Å². The van der Waals surface area contributed by atoms with Crippen LogP contribution in [0.1, 0.15) is 15.9 Å². The van der Waals surface area contributed by atoms with Crippen molar-refractivity contribution in [2.24, 2.45) is 0 Å². The maximum absolute atomic E-state index is 12.3. The lowest BCUT2D eigenvalue weighted by molar-refractivity contribution is -0.116. The van der Waals surface area contributed by atoms with Crippen LogP contribution in [0.3, 0.4) is 0 Å². The Balaban J connectivity index is 1.89. The minimum Gasteiger partial charge on any atom is -0.465 e. The molecule has 0 aliphatic carbocycles. The number of ether oxygens (including phenoxy) is 1. The number of nitrogens with one attached hydrogen (secondary N) is 1. The van der Waals surface area contributed by atoms with Gasteiger partial charge in [-0.3, -0.25) is 4.79 Å². The number of para-hydroxylation sites is 1. The first-order valence-electron chi connectivity index (χ1n) is 7.48. The van der Waals surface area contributed by atoms with Crippen LogP contribution in [0, 0.1) is 6.92 Å². The average Bonchev–Trinajstić information content (AvgIpc) is 2.95. The van der Waals surface area contributed by atoms with Gasteiger partial charge in [-0.2, -0.15) is 0 Å². The Labute approximate surface area is 139 Å². The van der Waals surface area contributed by atoms with Gasteiger partial charge in [-0.15, -0.1) is 0 Å². The van der Waals surface area contributed by atoms with Crippen LogP contribution in [-0.4, -0.2) is 28.5 Å². The number of hydrogen-bond donors (Lipinski definition) is 1. The second kappa shape index (κ2) is 6.54. The van der Waals surface area contributed by atoms with E-state index in [-0.39, 0.29) is 12.5 Å². The van der Waals surface area contributed by atoms with Crippen LogP contribution in [-0.2, 0) is 16.1 Å². The molecular weight excluding hydrogens is 306 g/mol. The lowest BCUT2D eigenvalue weighted by Crippen LogP contribution is -2.19. The predicted octanol–water partition coefficient (Wildman–Crippen LogP) is 2.77. The maximum Gasteiger partial charge on any atom is 0.340 e. The summed E-state index contributed by atoms with van der Waals surface area (Å²) in [4.78, 5) is 28.4. The van der Waals surface area contributed by atoms with E-state index in [1.165, 1.54) is 7.11 Å². The fourth-order valence-electron chi connectivity index (χ4n) is 2.59. The molecule has 0 atom stereocenters. The molecule has 2 aromatic heterocycles. The highest BCUT2D eigenvalue weighted by molar-refractivity contribution is 6.04. The summed E-state index contributed by atoms with van der Waals surface area (Å²) >= 11 is 0. The topological polar surface area (TPSA) is 73.2 Å². The number of pyridine rings is 1. The van der Waals surface area contributed by atoms with Gasteiger partial charge in [-0.05, 0) is 24.6 Å². The third-order valence-corrected chi connectivity index (χ3v) is 3.78. The summed E-state index contributed by atoms with van der Waals surface area (Å²) in [7, 11) is 1.34. The largest absolute Gasteiger partial charge is 0.465 e. The maximum atomic E-state index is 12.3. The molecule has 1 amide bonds. The lowest BCUT2D eigenvalue weighted by Gasteiger charge is -2.08. The summed E-state index contributed by atoms with van der Waals surface area (Å²) in [6.07, 6.45) is 3.27. The molecule has 24 heavy (non-hydrogen) atoms. The van der Waals surface area contributed by atoms with Crippen molar-refractivity contribution in [3.8, 4) is 0 Å². The third kappa shape index (κ3) is 2.99. The predicted molar refractivity (Wildman–Crippen MR) is 90.9 cm³/mol. The number of hydrogen-bond acceptors (Lipinski definition) is 4. The number of esters is 1. The number of rotatable bonds is 4. The van der Waals surface area contributed by atoms with Crippen molar-refractivity contribution in [1.82, 2.24) is 9.55 Å². The molecule has 1 N–H and O–H groups in total. The zero-order chi connectivity index (χ0) is 17.1. The van der Waals surface area contributed by atoms with Crippen LogP contribution in [0.25, 0.3) is 10.9 Å². The van der Waals surface area contributed by atoms with Gasteiger partial charge in [0.05, 0.1) is 12.7 Å². The van der Waals surface area contributed by atoms with Crippen LogP contribution in [0.2, 0.25) is 0 Å². The summed E-state index contributed by atoms with van der Waals surface area (Å²) in [5.41, 5.74) is 2.12. The Morgan fingerprint density at radius 3 is 2.75 bits per heavy atom. The molecule has 2 heterocycles. The van der Waals surface area contributed by atoms with E-state index in [1.807, 2.05) is 43.3 Å². The van der Waals surface area contributed by atoms with E-state index < -0.39 is 5.97 Å². The normalized spacial score (nSPS) is 10.6. The molecule has 1 aromatic carbocycles. The molecular formula is C18H17N3O3. The molecule has 0 aliphatic rings. The highest BCUT2D eigenvalue weighted by Gasteiger charge is 2.16. The molecule has 0 bridgehead atoms. The van der Waals surface area contributed by atoms with Crippen molar-refractivity contribution in [1.29, 1.82) is 0 Å². The van der Waals surface area contributed by atoms with Gasteiger partial charge in [0.15, 0.2) is 0 Å². The number of methoxy groups -OCH3 is 1. The first-order valence-corrected chi connectivity index (χ1v) is 7.48. The van der Waals surface area contributed by atoms with Crippen molar-refractivity contribution >= 4 is 28.6 Å². The SMILES string of the molecule is COC(=O)c1cn(CC(=O)Nc2ncccc2C)c2ccccc12. The van der Waals surface area contributed by atoms with E-state index >= 15 is 0 Å². The molecule has 0 saturated heterocycles. The molecule has 3 rings (SSSR count). The number of fused-ring (bicyclic) bond motifs is 1. The third-order valence-electron chi connectivity index (χ3n) is 3.78. The number of carbonyl (C=O) groups excluding carboxylic acids is 2. The van der Waals surface area contributed by atoms with Gasteiger partial charge < -0.3 is 14.6 Å². The average molecular weight is 323 g/mol. The second-order valence-corrected chi connectivity index (χ2v) is 5.40. The second-order valence-electron chi connectivity index (χ2n) is 5.40. The number of aromatic nitrogens is 2. The van der Waals surface area contributed by atoms with Crippen molar-refractivity contribution < 1.29 is 14.3 Å².